The number of unbranched alkanes of at least 4 members (excludes halogenated alkanes) is 20. The molecule has 1 atom stereocenters. The second-order valence-corrected chi connectivity index (χ2v) is 10.7. The number of hydrogen-bond donors (Lipinski definition) is 0. The molecule has 0 radical (unpaired) electrons. The van der Waals surface area contributed by atoms with Crippen LogP contribution in [0.25, 0.3) is 0 Å². The fraction of sp³-hybridized carbons (Fsp3) is 0.968. The third-order valence-corrected chi connectivity index (χ3v) is 7.37. The number of carboxylic acids is 1. The second kappa shape index (κ2) is 30.3. The number of rotatable bonds is 28. The summed E-state index contributed by atoms with van der Waals surface area (Å²) in [5.41, 5.74) is 0. The van der Waals surface area contributed by atoms with E-state index >= 15 is 0 Å². The van der Waals surface area contributed by atoms with Gasteiger partial charge < -0.3 is 9.90 Å². The summed E-state index contributed by atoms with van der Waals surface area (Å²) in [5.74, 6) is -0.868. The molecular weight excluding hydrogens is 425 g/mol. The summed E-state index contributed by atoms with van der Waals surface area (Å²) in [4.78, 5) is 14.0. The summed E-state index contributed by atoms with van der Waals surface area (Å²) < 4.78 is 0. The topological polar surface area (TPSA) is 43.4 Å². The van der Waals surface area contributed by atoms with E-state index in [0.717, 1.165) is 38.8 Å². The van der Waals surface area contributed by atoms with Gasteiger partial charge in [-0.25, -0.2) is 0 Å². The van der Waals surface area contributed by atoms with Crippen LogP contribution in [0.3, 0.4) is 0 Å². The van der Waals surface area contributed by atoms with Crippen LogP contribution < -0.4 is 24.0 Å². The number of carboxylic acid groups (broad SMARTS) is 1. The van der Waals surface area contributed by atoms with Crippen molar-refractivity contribution in [2.45, 2.75) is 181 Å². The van der Waals surface area contributed by atoms with Crippen LogP contribution in [0.1, 0.15) is 175 Å². The summed E-state index contributed by atoms with van der Waals surface area (Å²) in [7, 11) is 0. The van der Waals surface area contributed by atoms with E-state index in [0.29, 0.717) is 0 Å². The fourth-order valence-electron chi connectivity index (χ4n) is 5.10. The maximum atomic E-state index is 11.8. The summed E-state index contributed by atoms with van der Waals surface area (Å²) >= 11 is 0. The van der Waals surface area contributed by atoms with Crippen LogP contribution in [0.5, 0.6) is 0 Å². The zero-order chi connectivity index (χ0) is 25.1. The molecule has 0 bridgehead atoms. The smallest absolute Gasteiger partial charge is 0.548 e. The Morgan fingerprint density at radius 2 is 0.800 bits per heavy atom. The predicted octanol–water partition coefficient (Wildman–Crippen LogP) is 5.83. The number of nitrogens with zero attached hydrogens (tertiary/aromatic N) is 1. The molecule has 0 aromatic heterocycles. The molecule has 0 fully saturated rings. The first-order valence-corrected chi connectivity index (χ1v) is 15.6. The minimum Gasteiger partial charge on any atom is -0.548 e. The molecule has 0 rings (SSSR count). The van der Waals surface area contributed by atoms with Crippen molar-refractivity contribution in [2.75, 3.05) is 13.1 Å². The third-order valence-electron chi connectivity index (χ3n) is 7.37. The van der Waals surface area contributed by atoms with E-state index in [1.54, 1.807) is 0 Å². The van der Waals surface area contributed by atoms with Gasteiger partial charge in [0.1, 0.15) is 0 Å². The molecule has 35 heavy (non-hydrogen) atoms. The van der Waals surface area contributed by atoms with Gasteiger partial charge in [-0.3, -0.25) is 4.90 Å². The van der Waals surface area contributed by atoms with Crippen molar-refractivity contribution in [2.24, 2.45) is 0 Å². The van der Waals surface area contributed by atoms with Gasteiger partial charge in [-0.2, -0.15) is 0 Å². The van der Waals surface area contributed by atoms with Gasteiger partial charge in [-0.15, -0.1) is 0 Å². The molecule has 0 saturated carbocycles. The molecule has 204 valence electrons. The zero-order valence-electron chi connectivity index (χ0n) is 24.7. The van der Waals surface area contributed by atoms with Gasteiger partial charge in [0.05, 0.1) is 5.97 Å². The van der Waals surface area contributed by atoms with Crippen LogP contribution in [-0.4, -0.2) is 30.0 Å². The van der Waals surface area contributed by atoms with E-state index < -0.39 is 12.0 Å². The average molecular weight is 488 g/mol. The van der Waals surface area contributed by atoms with Gasteiger partial charge in [0, 0.05) is 6.04 Å². The molecular formula is C31H62LiNO2. The van der Waals surface area contributed by atoms with Crippen molar-refractivity contribution in [3.8, 4) is 0 Å². The molecule has 1 unspecified atom stereocenters. The van der Waals surface area contributed by atoms with Crippen molar-refractivity contribution >= 4 is 5.97 Å². The van der Waals surface area contributed by atoms with E-state index in [4.69, 9.17) is 0 Å². The van der Waals surface area contributed by atoms with E-state index in [1.165, 1.54) is 128 Å². The predicted molar refractivity (Wildman–Crippen MR) is 148 cm³/mol. The normalized spacial score (nSPS) is 12.1. The van der Waals surface area contributed by atoms with Crippen molar-refractivity contribution in [1.82, 2.24) is 4.90 Å². The number of carbonyl (C=O) groups is 1. The molecule has 0 aromatic rings. The Hall–Kier alpha value is 0.0274. The standard InChI is InChI=1S/C31H63NO2.Li/c1-4-7-9-11-13-15-17-19-21-23-25-28-32(30(27-6-3)31(33)34)29-26-24-22-20-18-16-14-12-10-8-5-2;/h30H,4-29H2,1-3H3,(H,33,34);/q;+1/p-1. The van der Waals surface area contributed by atoms with Crippen LogP contribution in [0, 0.1) is 0 Å². The summed E-state index contributed by atoms with van der Waals surface area (Å²) in [5, 5.41) is 11.8. The molecule has 0 aliphatic carbocycles. The van der Waals surface area contributed by atoms with Gasteiger partial charge in [-0.1, -0.05) is 156 Å². The minimum absolute atomic E-state index is 0. The summed E-state index contributed by atoms with van der Waals surface area (Å²) in [6, 6.07) is -0.392. The van der Waals surface area contributed by atoms with Crippen LogP contribution >= 0.6 is 0 Å². The minimum atomic E-state index is -0.868. The van der Waals surface area contributed by atoms with Crippen LogP contribution in [0.15, 0.2) is 0 Å². The third kappa shape index (κ3) is 25.5. The van der Waals surface area contributed by atoms with Crippen molar-refractivity contribution in [3.63, 3.8) is 0 Å². The SMILES string of the molecule is CCCCCCCCCCCCCN(CCCCCCCCCCCCC)C(CCC)C(=O)[O-].[Li+]. The molecule has 0 spiro atoms. The zero-order valence-corrected chi connectivity index (χ0v) is 24.7. The van der Waals surface area contributed by atoms with Crippen LogP contribution in [-0.2, 0) is 4.79 Å². The van der Waals surface area contributed by atoms with Gasteiger partial charge in [0.2, 0.25) is 0 Å². The van der Waals surface area contributed by atoms with E-state index in [9.17, 15) is 9.90 Å². The maximum Gasteiger partial charge on any atom is 1.00 e. The average Bonchev–Trinajstić information content (AvgIpc) is 2.83. The monoisotopic (exact) mass is 487 g/mol. The number of hydrogen-bond acceptors (Lipinski definition) is 3. The van der Waals surface area contributed by atoms with E-state index in [-0.39, 0.29) is 18.9 Å². The molecule has 0 heterocycles. The molecule has 0 saturated heterocycles. The molecule has 0 amide bonds. The Morgan fingerprint density at radius 3 is 1.06 bits per heavy atom. The Balaban J connectivity index is 0. The Labute approximate surface area is 233 Å². The van der Waals surface area contributed by atoms with Gasteiger partial charge >= 0.3 is 18.9 Å². The first-order valence-electron chi connectivity index (χ1n) is 15.6. The first-order chi connectivity index (χ1) is 16.7. The van der Waals surface area contributed by atoms with Crippen LogP contribution in [0.4, 0.5) is 0 Å². The second-order valence-electron chi connectivity index (χ2n) is 10.7. The maximum absolute atomic E-state index is 11.8. The molecule has 4 heteroatoms. The summed E-state index contributed by atoms with van der Waals surface area (Å²) in [6.45, 7) is 8.48. The molecule has 0 aromatic carbocycles. The van der Waals surface area contributed by atoms with Gasteiger partial charge in [-0.05, 0) is 32.4 Å². The largest absolute Gasteiger partial charge is 1.00 e. The van der Waals surface area contributed by atoms with Gasteiger partial charge in [0.25, 0.3) is 0 Å². The van der Waals surface area contributed by atoms with Crippen molar-refractivity contribution in [1.29, 1.82) is 0 Å². The van der Waals surface area contributed by atoms with E-state index in [2.05, 4.69) is 25.7 Å². The van der Waals surface area contributed by atoms with Gasteiger partial charge in [0.15, 0.2) is 0 Å². The Bertz CT molecular complexity index is 393. The quantitative estimate of drug-likeness (QED) is 0.103. The Morgan fingerprint density at radius 1 is 0.514 bits per heavy atom. The fourth-order valence-corrected chi connectivity index (χ4v) is 5.10. The summed E-state index contributed by atoms with van der Waals surface area (Å²) in [6.07, 6.45) is 31.0. The number of aliphatic carboxylic acids is 1. The molecule has 0 aliphatic heterocycles. The van der Waals surface area contributed by atoms with Crippen molar-refractivity contribution in [3.05, 3.63) is 0 Å². The first kappa shape index (κ1) is 37.2. The van der Waals surface area contributed by atoms with E-state index in [1.807, 2.05) is 0 Å². The number of carbonyl (C=O) groups excluding carboxylic acids is 1. The molecule has 3 nitrogen and oxygen atoms in total. The van der Waals surface area contributed by atoms with Crippen LogP contribution in [0.2, 0.25) is 0 Å². The molecule has 0 N–H and O–H groups in total. The Kier molecular flexibility index (Phi) is 32.1. The molecule has 0 aliphatic rings. The van der Waals surface area contributed by atoms with Crippen molar-refractivity contribution < 1.29 is 28.8 Å².